The number of carbonyl (C=O) groups excluding carboxylic acids is 4. The number of aromatic hydroxyl groups is 1. The van der Waals surface area contributed by atoms with Gasteiger partial charge in [0.25, 0.3) is 0 Å². The number of methoxy groups -OCH3 is 1. The topological polar surface area (TPSA) is 218 Å². The quantitative estimate of drug-likeness (QED) is 0.107. The third-order valence-electron chi connectivity index (χ3n) is 6.19. The lowest BCUT2D eigenvalue weighted by Gasteiger charge is -2.24. The second-order valence-corrected chi connectivity index (χ2v) is 11.0. The minimum Gasteiger partial charge on any atom is -0.507 e. The molecule has 2 aromatic rings. The average molecular weight is 646 g/mol. The smallest absolute Gasteiger partial charge is 0.408 e. The first-order valence-corrected chi connectivity index (χ1v) is 14.3. The maximum absolute atomic E-state index is 13.1. The molecule has 0 aliphatic carbocycles. The highest BCUT2D eigenvalue weighted by Crippen LogP contribution is 2.28. The van der Waals surface area contributed by atoms with Gasteiger partial charge in [0.1, 0.15) is 28.7 Å². The molecule has 5 N–H and O–H groups in total. The SMILES string of the molecule is COC(=O)c1c(O)cccc1OCCCCNC(=O)[C@H](Cc1ccc(N(CCC(=O)O)C(=O)C(=O)O)cc1)NC(=O)OC(C)(C)C. The van der Waals surface area contributed by atoms with Gasteiger partial charge in [0.05, 0.1) is 20.1 Å². The number of hydrogen-bond donors (Lipinski definition) is 5. The van der Waals surface area contributed by atoms with Crippen molar-refractivity contribution >= 4 is 41.5 Å². The van der Waals surface area contributed by atoms with Gasteiger partial charge < -0.3 is 45.1 Å². The molecule has 1 atom stereocenters. The number of carboxylic acids is 2. The number of nitrogens with zero attached hydrogens (tertiary/aromatic N) is 1. The molecule has 0 heterocycles. The van der Waals surface area contributed by atoms with E-state index in [2.05, 4.69) is 15.4 Å². The number of benzene rings is 2. The number of carbonyl (C=O) groups is 6. The van der Waals surface area contributed by atoms with Crippen molar-refractivity contribution in [2.75, 3.05) is 31.7 Å². The Balaban J connectivity index is 2.05. The Labute approximate surface area is 265 Å². The third-order valence-corrected chi connectivity index (χ3v) is 6.19. The van der Waals surface area contributed by atoms with Crippen LogP contribution in [0.3, 0.4) is 0 Å². The highest BCUT2D eigenvalue weighted by molar-refractivity contribution is 6.37. The summed E-state index contributed by atoms with van der Waals surface area (Å²) in [4.78, 5) is 72.8. The molecule has 0 saturated heterocycles. The molecule has 0 bridgehead atoms. The maximum atomic E-state index is 13.1. The number of hydrogen-bond acceptors (Lipinski definition) is 10. The van der Waals surface area contributed by atoms with Crippen LogP contribution in [-0.4, -0.2) is 89.6 Å². The molecule has 0 fully saturated rings. The van der Waals surface area contributed by atoms with Crippen molar-refractivity contribution in [2.24, 2.45) is 0 Å². The fourth-order valence-electron chi connectivity index (χ4n) is 4.07. The molecular weight excluding hydrogens is 606 g/mol. The molecule has 15 heteroatoms. The van der Waals surface area contributed by atoms with Crippen LogP contribution in [0.5, 0.6) is 11.5 Å². The van der Waals surface area contributed by atoms with E-state index < -0.39 is 53.9 Å². The van der Waals surface area contributed by atoms with Gasteiger partial charge in [-0.3, -0.25) is 14.4 Å². The van der Waals surface area contributed by atoms with E-state index in [1.165, 1.54) is 49.6 Å². The molecule has 0 aromatic heterocycles. The lowest BCUT2D eigenvalue weighted by molar-refractivity contribution is -0.149. The summed E-state index contributed by atoms with van der Waals surface area (Å²) < 4.78 is 15.6. The zero-order chi connectivity index (χ0) is 34.4. The summed E-state index contributed by atoms with van der Waals surface area (Å²) in [5.74, 6) is -5.64. The van der Waals surface area contributed by atoms with Crippen LogP contribution in [-0.2, 0) is 35.1 Å². The number of ether oxygens (including phenoxy) is 3. The first-order chi connectivity index (χ1) is 21.6. The Morgan fingerprint density at radius 1 is 0.957 bits per heavy atom. The van der Waals surface area contributed by atoms with Gasteiger partial charge in [-0.1, -0.05) is 18.2 Å². The van der Waals surface area contributed by atoms with E-state index in [-0.39, 0.29) is 48.9 Å². The van der Waals surface area contributed by atoms with Gasteiger partial charge in [0.15, 0.2) is 0 Å². The number of rotatable bonds is 15. The lowest BCUT2D eigenvalue weighted by atomic mass is 10.0. The van der Waals surface area contributed by atoms with Crippen molar-refractivity contribution in [3.8, 4) is 11.5 Å². The van der Waals surface area contributed by atoms with Gasteiger partial charge in [-0.25, -0.2) is 14.4 Å². The van der Waals surface area contributed by atoms with Crippen LogP contribution in [0.1, 0.15) is 56.0 Å². The molecular formula is C31H39N3O12. The number of carboxylic acid groups (broad SMARTS) is 2. The van der Waals surface area contributed by atoms with Crippen LogP contribution >= 0.6 is 0 Å². The Bertz CT molecular complexity index is 1400. The number of amides is 3. The van der Waals surface area contributed by atoms with Crippen molar-refractivity contribution in [3.05, 3.63) is 53.6 Å². The minimum absolute atomic E-state index is 0.00424. The number of aliphatic carboxylic acids is 2. The molecule has 0 spiro atoms. The minimum atomic E-state index is -1.75. The van der Waals surface area contributed by atoms with Crippen molar-refractivity contribution in [2.45, 2.75) is 58.1 Å². The van der Waals surface area contributed by atoms with Crippen LogP contribution in [0.25, 0.3) is 0 Å². The van der Waals surface area contributed by atoms with Crippen molar-refractivity contribution < 1.29 is 58.3 Å². The first-order valence-electron chi connectivity index (χ1n) is 14.3. The summed E-state index contributed by atoms with van der Waals surface area (Å²) in [7, 11) is 1.18. The van der Waals surface area contributed by atoms with E-state index >= 15 is 0 Å². The predicted octanol–water partition coefficient (Wildman–Crippen LogP) is 2.48. The van der Waals surface area contributed by atoms with E-state index in [9.17, 15) is 33.9 Å². The molecule has 0 radical (unpaired) electrons. The Hall–Kier alpha value is -5.34. The second kappa shape index (κ2) is 17.2. The van der Waals surface area contributed by atoms with Gasteiger partial charge in [-0.05, 0) is 63.4 Å². The average Bonchev–Trinajstić information content (AvgIpc) is 2.97. The zero-order valence-corrected chi connectivity index (χ0v) is 26.0. The molecule has 2 rings (SSSR count). The Morgan fingerprint density at radius 3 is 2.22 bits per heavy atom. The lowest BCUT2D eigenvalue weighted by Crippen LogP contribution is -2.49. The summed E-state index contributed by atoms with van der Waals surface area (Å²) in [6.07, 6.45) is -0.355. The molecule has 0 aliphatic heterocycles. The van der Waals surface area contributed by atoms with E-state index in [1.54, 1.807) is 20.8 Å². The first kappa shape index (κ1) is 36.8. The largest absolute Gasteiger partial charge is 0.507 e. The van der Waals surface area contributed by atoms with Gasteiger partial charge in [-0.15, -0.1) is 0 Å². The van der Waals surface area contributed by atoms with Crippen LogP contribution in [0.15, 0.2) is 42.5 Å². The van der Waals surface area contributed by atoms with Crippen LogP contribution in [0.2, 0.25) is 0 Å². The van der Waals surface area contributed by atoms with Gasteiger partial charge in [0, 0.05) is 25.2 Å². The van der Waals surface area contributed by atoms with Crippen molar-refractivity contribution in [1.82, 2.24) is 10.6 Å². The van der Waals surface area contributed by atoms with E-state index in [0.29, 0.717) is 18.4 Å². The third kappa shape index (κ3) is 12.0. The fourth-order valence-corrected chi connectivity index (χ4v) is 4.07. The molecule has 46 heavy (non-hydrogen) atoms. The highest BCUT2D eigenvalue weighted by Gasteiger charge is 2.26. The van der Waals surface area contributed by atoms with Gasteiger partial charge in [-0.2, -0.15) is 0 Å². The van der Waals surface area contributed by atoms with Crippen LogP contribution in [0.4, 0.5) is 10.5 Å². The van der Waals surface area contributed by atoms with E-state index in [4.69, 9.17) is 19.7 Å². The number of esters is 1. The number of alkyl carbamates (subject to hydrolysis) is 1. The van der Waals surface area contributed by atoms with Crippen LogP contribution < -0.4 is 20.3 Å². The number of phenolic OH excluding ortho intramolecular Hbond substituents is 1. The van der Waals surface area contributed by atoms with E-state index in [0.717, 1.165) is 4.90 Å². The molecule has 2 aromatic carbocycles. The monoisotopic (exact) mass is 645 g/mol. The molecule has 0 aliphatic rings. The van der Waals surface area contributed by atoms with Crippen molar-refractivity contribution in [3.63, 3.8) is 0 Å². The Kier molecular flexibility index (Phi) is 13.8. The number of anilines is 1. The van der Waals surface area contributed by atoms with Gasteiger partial charge in [0.2, 0.25) is 5.91 Å². The Morgan fingerprint density at radius 2 is 1.63 bits per heavy atom. The van der Waals surface area contributed by atoms with Crippen molar-refractivity contribution in [1.29, 1.82) is 0 Å². The summed E-state index contributed by atoms with van der Waals surface area (Å²) in [6.45, 7) is 5.03. The summed E-state index contributed by atoms with van der Waals surface area (Å²) in [6, 6.07) is 9.18. The zero-order valence-electron chi connectivity index (χ0n) is 26.0. The summed E-state index contributed by atoms with van der Waals surface area (Å²) in [5, 5.41) is 33.4. The summed E-state index contributed by atoms with van der Waals surface area (Å²) >= 11 is 0. The normalized spacial score (nSPS) is 11.5. The maximum Gasteiger partial charge on any atom is 0.408 e. The number of phenols is 1. The second-order valence-electron chi connectivity index (χ2n) is 11.0. The summed E-state index contributed by atoms with van der Waals surface area (Å²) in [5.41, 5.74) is -0.234. The number of nitrogens with one attached hydrogen (secondary N) is 2. The fraction of sp³-hybridized carbons (Fsp3) is 0.419. The van der Waals surface area contributed by atoms with Gasteiger partial charge >= 0.3 is 29.9 Å². The molecule has 3 amide bonds. The van der Waals surface area contributed by atoms with Crippen LogP contribution in [0, 0.1) is 0 Å². The predicted molar refractivity (Wildman–Crippen MR) is 163 cm³/mol. The molecule has 0 saturated carbocycles. The highest BCUT2D eigenvalue weighted by atomic mass is 16.6. The number of unbranched alkanes of at least 4 members (excludes halogenated alkanes) is 1. The van der Waals surface area contributed by atoms with E-state index in [1.807, 2.05) is 0 Å². The molecule has 0 unspecified atom stereocenters. The standard InChI is InChI=1S/C31H39N3O12/c1-31(2,3)46-30(43)33-21(18-19-10-12-20(13-11-19)34(16-14-24(36)37)27(39)28(40)41)26(38)32-15-5-6-17-45-23-9-7-8-22(35)25(23)29(42)44-4/h7-13,21,35H,5-6,14-18H2,1-4H3,(H,32,38)(H,33,43)(H,36,37)(H,40,41)/t21-/m0/s1. The molecule has 15 nitrogen and oxygen atoms in total. The molecule has 250 valence electrons.